The smallest absolute Gasteiger partial charge is 0.176 e. The van der Waals surface area contributed by atoms with Gasteiger partial charge in [0.15, 0.2) is 10.2 Å². The Morgan fingerprint density at radius 3 is 2.80 bits per heavy atom. The molecule has 8 heteroatoms. The lowest BCUT2D eigenvalue weighted by Crippen LogP contribution is -2.17. The molecular weight excluding hydrogens is 294 g/mol. The number of amidine groups is 1. The third kappa shape index (κ3) is 3.07. The van der Waals surface area contributed by atoms with Crippen LogP contribution in [0.25, 0.3) is 0 Å². The fraction of sp³-hybridized carbons (Fsp3) is 0.333. The molecule has 0 bridgehead atoms. The Morgan fingerprint density at radius 1 is 1.45 bits per heavy atom. The van der Waals surface area contributed by atoms with Gasteiger partial charge in [0.25, 0.3) is 0 Å². The van der Waals surface area contributed by atoms with Crippen molar-refractivity contribution >= 4 is 29.1 Å². The molecule has 2 rings (SSSR count). The van der Waals surface area contributed by atoms with E-state index in [0.717, 1.165) is 27.8 Å². The van der Waals surface area contributed by atoms with E-state index in [-0.39, 0.29) is 5.84 Å². The molecule has 3 N–H and O–H groups in total. The summed E-state index contributed by atoms with van der Waals surface area (Å²) in [7, 11) is 0. The van der Waals surface area contributed by atoms with Crippen molar-refractivity contribution in [3.8, 4) is 0 Å². The molecule has 2 heterocycles. The normalized spacial score (nSPS) is 11.8. The Morgan fingerprint density at radius 2 is 2.20 bits per heavy atom. The first kappa shape index (κ1) is 14.7. The number of hydrogen-bond acceptors (Lipinski definition) is 7. The number of rotatable bonds is 4. The van der Waals surface area contributed by atoms with Gasteiger partial charge in [-0.3, -0.25) is 0 Å². The van der Waals surface area contributed by atoms with Gasteiger partial charge in [-0.05, 0) is 48.8 Å². The average Bonchev–Trinajstić information content (AvgIpc) is 2.85. The maximum atomic E-state index is 8.92. The molecule has 0 saturated carbocycles. The van der Waals surface area contributed by atoms with E-state index < -0.39 is 0 Å². The number of pyridine rings is 1. The first-order valence-electron chi connectivity index (χ1n) is 6.01. The van der Waals surface area contributed by atoms with E-state index in [9.17, 15) is 0 Å². The average molecular weight is 309 g/mol. The lowest BCUT2D eigenvalue weighted by Gasteiger charge is -2.10. The Balaban J connectivity index is 2.44. The highest BCUT2D eigenvalue weighted by Gasteiger charge is 2.16. The quantitative estimate of drug-likeness (QED) is 0.389. The molecule has 20 heavy (non-hydrogen) atoms. The van der Waals surface area contributed by atoms with Crippen LogP contribution in [-0.2, 0) is 6.42 Å². The van der Waals surface area contributed by atoms with Crippen LogP contribution in [0.2, 0.25) is 0 Å². The molecule has 0 aromatic carbocycles. The predicted octanol–water partition coefficient (Wildman–Crippen LogP) is 2.36. The Labute approximate surface area is 125 Å². The van der Waals surface area contributed by atoms with Crippen molar-refractivity contribution < 1.29 is 5.21 Å². The van der Waals surface area contributed by atoms with Crippen molar-refractivity contribution in [2.75, 3.05) is 0 Å². The monoisotopic (exact) mass is 309 g/mol. The van der Waals surface area contributed by atoms with Gasteiger partial charge in [-0.15, -0.1) is 0 Å². The summed E-state index contributed by atoms with van der Waals surface area (Å²) in [5.41, 5.74) is 8.17. The van der Waals surface area contributed by atoms with E-state index in [1.807, 2.05) is 26.8 Å². The second-order valence-corrected chi connectivity index (χ2v) is 6.17. The van der Waals surface area contributed by atoms with Gasteiger partial charge < -0.3 is 10.9 Å². The predicted molar refractivity (Wildman–Crippen MR) is 79.6 cm³/mol. The van der Waals surface area contributed by atoms with Gasteiger partial charge in [0, 0.05) is 12.1 Å². The minimum atomic E-state index is 0.0535. The van der Waals surface area contributed by atoms with Gasteiger partial charge in [-0.25, -0.2) is 9.97 Å². The van der Waals surface area contributed by atoms with E-state index in [1.165, 1.54) is 23.3 Å². The number of aryl methyl sites for hydroxylation is 3. The Kier molecular flexibility index (Phi) is 4.56. The van der Waals surface area contributed by atoms with Crippen LogP contribution in [0.15, 0.2) is 20.6 Å². The van der Waals surface area contributed by atoms with E-state index in [4.69, 9.17) is 10.9 Å². The van der Waals surface area contributed by atoms with E-state index >= 15 is 0 Å². The Bertz CT molecular complexity index is 653. The molecular formula is C12H15N5OS2. The van der Waals surface area contributed by atoms with Crippen LogP contribution in [0.4, 0.5) is 0 Å². The molecule has 0 unspecified atom stereocenters. The molecule has 0 aliphatic heterocycles. The highest BCUT2D eigenvalue weighted by Crippen LogP contribution is 2.31. The molecule has 0 aliphatic rings. The van der Waals surface area contributed by atoms with Gasteiger partial charge in [-0.1, -0.05) is 12.1 Å². The van der Waals surface area contributed by atoms with Crippen molar-refractivity contribution in [1.82, 2.24) is 14.3 Å². The van der Waals surface area contributed by atoms with E-state index in [2.05, 4.69) is 19.5 Å². The van der Waals surface area contributed by atoms with Crippen molar-refractivity contribution in [3.63, 3.8) is 0 Å². The first-order chi connectivity index (χ1) is 9.55. The fourth-order valence-corrected chi connectivity index (χ4v) is 3.61. The third-order valence-corrected chi connectivity index (χ3v) is 4.40. The summed E-state index contributed by atoms with van der Waals surface area (Å²) in [5.74, 6) is 0.866. The maximum Gasteiger partial charge on any atom is 0.176 e. The molecule has 0 fully saturated rings. The molecule has 106 valence electrons. The molecule has 6 nitrogen and oxygen atoms in total. The number of nitrogens with two attached hydrogens (primary N) is 1. The molecule has 0 atom stereocenters. The van der Waals surface area contributed by atoms with E-state index in [0.29, 0.717) is 10.6 Å². The van der Waals surface area contributed by atoms with Gasteiger partial charge in [0.05, 0.1) is 5.56 Å². The minimum absolute atomic E-state index is 0.0535. The topological polar surface area (TPSA) is 97.3 Å². The van der Waals surface area contributed by atoms with Gasteiger partial charge in [0.2, 0.25) is 0 Å². The second-order valence-electron chi connectivity index (χ2n) is 4.18. The molecule has 0 amide bonds. The number of oxime groups is 1. The van der Waals surface area contributed by atoms with Crippen LogP contribution in [0, 0.1) is 13.8 Å². The highest BCUT2D eigenvalue weighted by molar-refractivity contribution is 8.01. The lowest BCUT2D eigenvalue weighted by atomic mass is 10.1. The summed E-state index contributed by atoms with van der Waals surface area (Å²) in [6.07, 6.45) is 0.796. The summed E-state index contributed by atoms with van der Waals surface area (Å²) < 4.78 is 5.04. The summed E-state index contributed by atoms with van der Waals surface area (Å²) >= 11 is 2.71. The van der Waals surface area contributed by atoms with Crippen LogP contribution in [0.5, 0.6) is 0 Å². The molecule has 2 aromatic heterocycles. The largest absolute Gasteiger partial charge is 0.409 e. The minimum Gasteiger partial charge on any atom is -0.409 e. The molecule has 2 aromatic rings. The molecule has 0 spiro atoms. The highest BCUT2D eigenvalue weighted by atomic mass is 32.2. The zero-order valence-corrected chi connectivity index (χ0v) is 13.0. The van der Waals surface area contributed by atoms with E-state index in [1.54, 1.807) is 0 Å². The molecule has 0 aliphatic carbocycles. The lowest BCUT2D eigenvalue weighted by molar-refractivity contribution is 0.318. The van der Waals surface area contributed by atoms with Crippen LogP contribution < -0.4 is 5.73 Å². The van der Waals surface area contributed by atoms with Crippen molar-refractivity contribution in [2.45, 2.75) is 36.6 Å². The number of hydrogen-bond donors (Lipinski definition) is 2. The molecule has 0 radical (unpaired) electrons. The first-order valence-corrected chi connectivity index (χ1v) is 7.60. The summed E-state index contributed by atoms with van der Waals surface area (Å²) in [6, 6.07) is 1.90. The van der Waals surface area contributed by atoms with Crippen LogP contribution >= 0.6 is 23.3 Å². The maximum absolute atomic E-state index is 8.92. The van der Waals surface area contributed by atoms with Crippen molar-refractivity contribution in [2.24, 2.45) is 10.9 Å². The standard InChI is InChI=1S/C12H15N5OS2/c1-4-8-15-12(20-17-8)19-11-9(10(13)16-18)6(2)5-7(3)14-11/h5,18H,4H2,1-3H3,(H2,13,16). The zero-order valence-electron chi connectivity index (χ0n) is 11.4. The van der Waals surface area contributed by atoms with Crippen molar-refractivity contribution in [3.05, 3.63) is 28.7 Å². The van der Waals surface area contributed by atoms with Crippen LogP contribution in [-0.4, -0.2) is 25.4 Å². The van der Waals surface area contributed by atoms with Gasteiger partial charge in [0.1, 0.15) is 10.9 Å². The summed E-state index contributed by atoms with van der Waals surface area (Å²) in [6.45, 7) is 5.82. The van der Waals surface area contributed by atoms with Crippen LogP contribution in [0.3, 0.4) is 0 Å². The van der Waals surface area contributed by atoms with Gasteiger partial charge in [-0.2, -0.15) is 4.37 Å². The summed E-state index contributed by atoms with van der Waals surface area (Å²) in [5, 5.41) is 12.7. The second kappa shape index (κ2) is 6.19. The SMILES string of the molecule is CCc1nsc(Sc2nc(C)cc(C)c2/C(N)=N/O)n1. The number of nitrogens with zero attached hydrogens (tertiary/aromatic N) is 4. The van der Waals surface area contributed by atoms with Crippen LogP contribution in [0.1, 0.15) is 29.6 Å². The fourth-order valence-electron chi connectivity index (χ4n) is 1.74. The van der Waals surface area contributed by atoms with Crippen molar-refractivity contribution in [1.29, 1.82) is 0 Å². The van der Waals surface area contributed by atoms with Gasteiger partial charge >= 0.3 is 0 Å². The zero-order chi connectivity index (χ0) is 14.7. The summed E-state index contributed by atoms with van der Waals surface area (Å²) in [4.78, 5) is 8.86. The Hall–Kier alpha value is -1.67. The number of aromatic nitrogens is 3. The third-order valence-electron chi connectivity index (χ3n) is 2.63. The molecule has 0 saturated heterocycles.